The van der Waals surface area contributed by atoms with Gasteiger partial charge in [0.05, 0.1) is 6.10 Å². The topological polar surface area (TPSA) is 76.6 Å². The predicted molar refractivity (Wildman–Crippen MR) is 154 cm³/mol. The fourth-order valence-electron chi connectivity index (χ4n) is 4.75. The van der Waals surface area contributed by atoms with Gasteiger partial charge in [-0.15, -0.1) is 0 Å². The smallest absolute Gasteiger partial charge is 0.317 e. The largest absolute Gasteiger partial charge is 0.387 e. The average Bonchev–Trinajstić information content (AvgIpc) is 2.91. The Kier molecular flexibility index (Phi) is 13.1. The van der Waals surface area contributed by atoms with E-state index in [0.717, 1.165) is 63.1 Å². The molecule has 7 heteroatoms. The normalized spacial score (nSPS) is 14.9. The second-order valence-electron chi connectivity index (χ2n) is 10.1. The van der Waals surface area contributed by atoms with Crippen LogP contribution in [0.3, 0.4) is 0 Å². The van der Waals surface area contributed by atoms with E-state index in [1.54, 1.807) is 6.07 Å². The molecule has 0 aromatic heterocycles. The Morgan fingerprint density at radius 3 is 2.49 bits per heavy atom. The summed E-state index contributed by atoms with van der Waals surface area (Å²) in [6, 6.07) is 16.4. The van der Waals surface area contributed by atoms with E-state index in [0.29, 0.717) is 17.6 Å². The van der Waals surface area contributed by atoms with Gasteiger partial charge >= 0.3 is 6.03 Å². The summed E-state index contributed by atoms with van der Waals surface area (Å²) in [5.74, 6) is 0. The molecule has 1 atom stereocenters. The van der Waals surface area contributed by atoms with E-state index in [4.69, 9.17) is 11.6 Å². The zero-order valence-corrected chi connectivity index (χ0v) is 23.1. The number of piperidine rings is 1. The quantitative estimate of drug-likeness (QED) is 0.209. The minimum Gasteiger partial charge on any atom is -0.387 e. The lowest BCUT2D eigenvalue weighted by atomic mass is 10.0. The molecule has 1 aliphatic heterocycles. The number of carbonyl (C=O) groups is 1. The van der Waals surface area contributed by atoms with Crippen molar-refractivity contribution in [3.05, 3.63) is 64.7 Å². The lowest BCUT2D eigenvalue weighted by molar-refractivity contribution is 0.175. The Hall–Kier alpha value is -2.28. The molecule has 1 saturated heterocycles. The minimum atomic E-state index is -0.567. The van der Waals surface area contributed by atoms with E-state index in [1.807, 2.05) is 23.1 Å². The third-order valence-electron chi connectivity index (χ3n) is 7.08. The predicted octanol–water partition coefficient (Wildman–Crippen LogP) is 6.15. The van der Waals surface area contributed by atoms with E-state index < -0.39 is 6.10 Å². The van der Waals surface area contributed by atoms with Crippen LogP contribution >= 0.6 is 11.6 Å². The molecule has 0 radical (unpaired) electrons. The highest BCUT2D eigenvalue weighted by atomic mass is 35.5. The summed E-state index contributed by atoms with van der Waals surface area (Å²) in [6.45, 7) is 5.90. The van der Waals surface area contributed by atoms with Crippen molar-refractivity contribution in [1.29, 1.82) is 0 Å². The molecule has 2 amide bonds. The first kappa shape index (κ1) is 29.3. The van der Waals surface area contributed by atoms with Gasteiger partial charge in [0, 0.05) is 42.9 Å². The van der Waals surface area contributed by atoms with Crippen LogP contribution in [0, 0.1) is 0 Å². The number of benzene rings is 2. The van der Waals surface area contributed by atoms with Crippen molar-refractivity contribution in [2.75, 3.05) is 38.0 Å². The Morgan fingerprint density at radius 2 is 1.76 bits per heavy atom. The van der Waals surface area contributed by atoms with E-state index in [2.05, 4.69) is 47.1 Å². The van der Waals surface area contributed by atoms with Crippen molar-refractivity contribution in [3.8, 4) is 0 Å². The monoisotopic (exact) mass is 528 g/mol. The molecule has 2 aromatic rings. The lowest BCUT2D eigenvalue weighted by Gasteiger charge is -2.33. The first-order chi connectivity index (χ1) is 18.0. The fraction of sp³-hybridized carbons (Fsp3) is 0.567. The molecule has 4 N–H and O–H groups in total. The highest BCUT2D eigenvalue weighted by molar-refractivity contribution is 6.30. The van der Waals surface area contributed by atoms with Crippen molar-refractivity contribution in [1.82, 2.24) is 15.5 Å². The van der Waals surface area contributed by atoms with Gasteiger partial charge in [0.25, 0.3) is 0 Å². The molecule has 6 nitrogen and oxygen atoms in total. The highest BCUT2D eigenvalue weighted by Gasteiger charge is 2.22. The number of aliphatic hydroxyl groups excluding tert-OH is 1. The van der Waals surface area contributed by atoms with Crippen LogP contribution in [-0.2, 0) is 6.42 Å². The molecule has 2 aromatic carbocycles. The number of urea groups is 1. The van der Waals surface area contributed by atoms with Crippen LogP contribution in [0.5, 0.6) is 0 Å². The van der Waals surface area contributed by atoms with E-state index in [1.165, 1.54) is 37.7 Å². The van der Waals surface area contributed by atoms with Gasteiger partial charge in [-0.25, -0.2) is 4.79 Å². The molecule has 1 heterocycles. The first-order valence-corrected chi connectivity index (χ1v) is 14.5. The van der Waals surface area contributed by atoms with Crippen LogP contribution in [0.25, 0.3) is 0 Å². The van der Waals surface area contributed by atoms with Gasteiger partial charge < -0.3 is 26.0 Å². The standard InChI is InChI=1S/C30H45ClN4O2/c1-2-3-4-5-6-7-18-33-30(37)35-20-16-28(17-21-35)34-27-13-11-24(12-14-27)15-19-32-23-29(36)25-9-8-10-26(31)22-25/h8-14,22,28-29,32,34,36H,2-7,15-21,23H2,1H3,(H,33,37)/t29-/m0/s1. The third kappa shape index (κ3) is 10.9. The molecule has 1 fully saturated rings. The number of hydrogen-bond acceptors (Lipinski definition) is 4. The maximum atomic E-state index is 12.4. The Bertz CT molecular complexity index is 916. The minimum absolute atomic E-state index is 0.0880. The van der Waals surface area contributed by atoms with E-state index >= 15 is 0 Å². The van der Waals surface area contributed by atoms with Crippen LogP contribution in [0.1, 0.15) is 75.5 Å². The number of anilines is 1. The summed E-state index contributed by atoms with van der Waals surface area (Å²) in [4.78, 5) is 14.4. The molecular formula is C30H45ClN4O2. The molecule has 1 aliphatic rings. The Labute approximate surface area is 228 Å². The van der Waals surface area contributed by atoms with Gasteiger partial charge in [-0.2, -0.15) is 0 Å². The highest BCUT2D eigenvalue weighted by Crippen LogP contribution is 2.19. The molecule has 0 aliphatic carbocycles. The summed E-state index contributed by atoms with van der Waals surface area (Å²) >= 11 is 6.00. The van der Waals surface area contributed by atoms with E-state index in [-0.39, 0.29) is 6.03 Å². The molecule has 0 spiro atoms. The number of nitrogens with zero attached hydrogens (tertiary/aromatic N) is 1. The van der Waals surface area contributed by atoms with Crippen LogP contribution < -0.4 is 16.0 Å². The number of carbonyl (C=O) groups excluding carboxylic acids is 1. The molecule has 0 unspecified atom stereocenters. The van der Waals surface area contributed by atoms with Gasteiger partial charge in [-0.3, -0.25) is 0 Å². The Morgan fingerprint density at radius 1 is 1.03 bits per heavy atom. The summed E-state index contributed by atoms with van der Waals surface area (Å²) in [5, 5.41) is 21.0. The summed E-state index contributed by atoms with van der Waals surface area (Å²) in [5.41, 5.74) is 3.21. The summed E-state index contributed by atoms with van der Waals surface area (Å²) < 4.78 is 0. The van der Waals surface area contributed by atoms with Crippen molar-refractivity contribution in [3.63, 3.8) is 0 Å². The Balaban J connectivity index is 1.27. The molecule has 3 rings (SSSR count). The molecule has 0 bridgehead atoms. The third-order valence-corrected chi connectivity index (χ3v) is 7.31. The second-order valence-corrected chi connectivity index (χ2v) is 10.6. The number of unbranched alkanes of at least 4 members (excludes halogenated alkanes) is 5. The lowest BCUT2D eigenvalue weighted by Crippen LogP contribution is -2.47. The van der Waals surface area contributed by atoms with Gasteiger partial charge in [-0.05, 0) is 67.6 Å². The zero-order valence-electron chi connectivity index (χ0n) is 22.4. The number of amides is 2. The number of nitrogens with one attached hydrogen (secondary N) is 3. The van der Waals surface area contributed by atoms with Gasteiger partial charge in [0.1, 0.15) is 0 Å². The van der Waals surface area contributed by atoms with E-state index in [9.17, 15) is 9.90 Å². The molecular weight excluding hydrogens is 484 g/mol. The number of aliphatic hydroxyl groups is 1. The molecule has 204 valence electrons. The SMILES string of the molecule is CCCCCCCCNC(=O)N1CCC(Nc2ccc(CCNC[C@H](O)c3cccc(Cl)c3)cc2)CC1. The fourth-order valence-corrected chi connectivity index (χ4v) is 4.94. The second kappa shape index (κ2) is 16.5. The summed E-state index contributed by atoms with van der Waals surface area (Å²) in [6.07, 6.45) is 9.70. The van der Waals surface area contributed by atoms with Crippen molar-refractivity contribution >= 4 is 23.3 Å². The van der Waals surface area contributed by atoms with Crippen LogP contribution in [-0.4, -0.2) is 54.8 Å². The maximum absolute atomic E-state index is 12.4. The molecule has 37 heavy (non-hydrogen) atoms. The first-order valence-electron chi connectivity index (χ1n) is 14.1. The molecule has 0 saturated carbocycles. The van der Waals surface area contributed by atoms with Gasteiger partial charge in [0.2, 0.25) is 0 Å². The van der Waals surface area contributed by atoms with Crippen molar-refractivity contribution in [2.45, 2.75) is 76.9 Å². The average molecular weight is 529 g/mol. The van der Waals surface area contributed by atoms with Crippen LogP contribution in [0.2, 0.25) is 5.02 Å². The summed E-state index contributed by atoms with van der Waals surface area (Å²) in [7, 11) is 0. The van der Waals surface area contributed by atoms with Gasteiger partial charge in [-0.1, -0.05) is 74.9 Å². The van der Waals surface area contributed by atoms with Crippen LogP contribution in [0.15, 0.2) is 48.5 Å². The number of likely N-dealkylation sites (tertiary alicyclic amines) is 1. The van der Waals surface area contributed by atoms with Gasteiger partial charge in [0.15, 0.2) is 0 Å². The number of hydrogen-bond donors (Lipinski definition) is 4. The number of rotatable bonds is 15. The number of halogens is 1. The maximum Gasteiger partial charge on any atom is 0.317 e. The van der Waals surface area contributed by atoms with Crippen LogP contribution in [0.4, 0.5) is 10.5 Å². The van der Waals surface area contributed by atoms with Crippen molar-refractivity contribution in [2.24, 2.45) is 0 Å². The van der Waals surface area contributed by atoms with Crippen molar-refractivity contribution < 1.29 is 9.90 Å². The zero-order chi connectivity index (χ0) is 26.3.